The lowest BCUT2D eigenvalue weighted by Gasteiger charge is -2.30. The van der Waals surface area contributed by atoms with E-state index in [1.165, 1.54) is 56.4 Å². The molecule has 0 saturated carbocycles. The van der Waals surface area contributed by atoms with Crippen molar-refractivity contribution in [2.45, 2.75) is 51.9 Å². The molecule has 0 spiro atoms. The molecule has 2 amide bonds. The van der Waals surface area contributed by atoms with Crippen LogP contribution < -0.4 is 10.6 Å². The first-order valence-electron chi connectivity index (χ1n) is 9.60. The molecule has 1 atom stereocenters. The molecule has 0 unspecified atom stereocenters. The molecule has 3 rings (SSSR count). The summed E-state index contributed by atoms with van der Waals surface area (Å²) in [7, 11) is 0. The Hall–Kier alpha value is -1.55. The van der Waals surface area contributed by atoms with E-state index in [9.17, 15) is 4.79 Å². The number of amides is 2. The van der Waals surface area contributed by atoms with E-state index in [4.69, 9.17) is 0 Å². The number of anilines is 1. The van der Waals surface area contributed by atoms with Crippen molar-refractivity contribution in [1.82, 2.24) is 10.2 Å². The number of likely N-dealkylation sites (tertiary alicyclic amines) is 1. The molecule has 0 radical (unpaired) electrons. The highest BCUT2D eigenvalue weighted by atomic mass is 16.2. The summed E-state index contributed by atoms with van der Waals surface area (Å²) >= 11 is 0. The maximum absolute atomic E-state index is 12.0. The summed E-state index contributed by atoms with van der Waals surface area (Å²) in [6, 6.07) is 6.21. The number of rotatable bonds is 6. The fourth-order valence-corrected chi connectivity index (χ4v) is 3.98. The summed E-state index contributed by atoms with van der Waals surface area (Å²) in [4.78, 5) is 14.6. The maximum atomic E-state index is 12.0. The van der Waals surface area contributed by atoms with Crippen molar-refractivity contribution < 1.29 is 4.79 Å². The van der Waals surface area contributed by atoms with Crippen LogP contribution in [0.1, 0.15) is 50.2 Å². The topological polar surface area (TPSA) is 44.4 Å². The normalized spacial score (nSPS) is 20.6. The number of nitrogens with one attached hydrogen (secondary N) is 2. The quantitative estimate of drug-likeness (QED) is 0.780. The first-order chi connectivity index (χ1) is 11.7. The molecule has 24 heavy (non-hydrogen) atoms. The van der Waals surface area contributed by atoms with Gasteiger partial charge in [0.25, 0.3) is 0 Å². The van der Waals surface area contributed by atoms with Gasteiger partial charge in [-0.15, -0.1) is 0 Å². The van der Waals surface area contributed by atoms with Crippen LogP contribution in [0.25, 0.3) is 0 Å². The molecule has 2 aliphatic rings. The molecule has 1 aliphatic carbocycles. The van der Waals surface area contributed by atoms with E-state index in [0.717, 1.165) is 37.4 Å². The molecular weight excluding hydrogens is 298 g/mol. The Morgan fingerprint density at radius 3 is 2.96 bits per heavy atom. The van der Waals surface area contributed by atoms with E-state index in [-0.39, 0.29) is 6.03 Å². The van der Waals surface area contributed by atoms with Gasteiger partial charge in [0.1, 0.15) is 0 Å². The zero-order valence-corrected chi connectivity index (χ0v) is 14.9. The van der Waals surface area contributed by atoms with Gasteiger partial charge in [-0.25, -0.2) is 4.79 Å². The number of piperidine rings is 1. The van der Waals surface area contributed by atoms with Crippen molar-refractivity contribution >= 4 is 11.7 Å². The van der Waals surface area contributed by atoms with Crippen molar-refractivity contribution in [3.63, 3.8) is 0 Å². The largest absolute Gasteiger partial charge is 0.338 e. The predicted molar refractivity (Wildman–Crippen MR) is 99.6 cm³/mol. The Morgan fingerprint density at radius 1 is 1.21 bits per heavy atom. The average Bonchev–Trinajstić information content (AvgIpc) is 3.02. The van der Waals surface area contributed by atoms with Crippen molar-refractivity contribution in [2.75, 3.05) is 31.5 Å². The summed E-state index contributed by atoms with van der Waals surface area (Å²) in [6.45, 7) is 6.75. The molecule has 1 aliphatic heterocycles. The van der Waals surface area contributed by atoms with Crippen LogP contribution >= 0.6 is 0 Å². The summed E-state index contributed by atoms with van der Waals surface area (Å²) in [5, 5.41) is 5.93. The van der Waals surface area contributed by atoms with Gasteiger partial charge in [0, 0.05) is 18.8 Å². The van der Waals surface area contributed by atoms with E-state index < -0.39 is 0 Å². The van der Waals surface area contributed by atoms with Crippen molar-refractivity contribution in [1.29, 1.82) is 0 Å². The van der Waals surface area contributed by atoms with E-state index >= 15 is 0 Å². The van der Waals surface area contributed by atoms with Crippen LogP contribution in [0.3, 0.4) is 0 Å². The minimum Gasteiger partial charge on any atom is -0.338 e. The Bertz CT molecular complexity index is 558. The fraction of sp³-hybridized carbons (Fsp3) is 0.650. The maximum Gasteiger partial charge on any atom is 0.319 e. The number of benzene rings is 1. The number of fused-ring (bicyclic) bond motifs is 1. The minimum absolute atomic E-state index is 0.0838. The van der Waals surface area contributed by atoms with Crippen LogP contribution in [0.5, 0.6) is 0 Å². The first kappa shape index (κ1) is 17.3. The Kier molecular flexibility index (Phi) is 6.13. The van der Waals surface area contributed by atoms with Gasteiger partial charge in [-0.3, -0.25) is 0 Å². The van der Waals surface area contributed by atoms with Gasteiger partial charge in [-0.2, -0.15) is 0 Å². The number of carbonyl (C=O) groups is 1. The molecule has 0 bridgehead atoms. The first-order valence-corrected chi connectivity index (χ1v) is 9.60. The highest BCUT2D eigenvalue weighted by Gasteiger charge is 2.15. The molecule has 1 aromatic rings. The number of hydrogen-bond donors (Lipinski definition) is 2. The van der Waals surface area contributed by atoms with E-state index in [1.807, 2.05) is 6.07 Å². The SMILES string of the molecule is C[C@H]1CCCN(CCCCNC(=O)Nc2ccc3c(c2)CCC3)C1. The molecule has 2 N–H and O–H groups in total. The monoisotopic (exact) mass is 329 g/mol. The third-order valence-electron chi connectivity index (χ3n) is 5.28. The van der Waals surface area contributed by atoms with Crippen molar-refractivity contribution in [3.05, 3.63) is 29.3 Å². The van der Waals surface area contributed by atoms with Crippen LogP contribution in [-0.2, 0) is 12.8 Å². The lowest BCUT2D eigenvalue weighted by Crippen LogP contribution is -2.35. The zero-order chi connectivity index (χ0) is 16.8. The second kappa shape index (κ2) is 8.52. The lowest BCUT2D eigenvalue weighted by atomic mass is 10.0. The summed E-state index contributed by atoms with van der Waals surface area (Å²) in [5.41, 5.74) is 3.74. The average molecular weight is 329 g/mol. The molecule has 4 heteroatoms. The fourth-order valence-electron chi connectivity index (χ4n) is 3.98. The van der Waals surface area contributed by atoms with Gasteiger partial charge < -0.3 is 15.5 Å². The molecule has 1 heterocycles. The third-order valence-corrected chi connectivity index (χ3v) is 5.28. The molecule has 1 fully saturated rings. The Morgan fingerprint density at radius 2 is 2.08 bits per heavy atom. The second-order valence-electron chi connectivity index (χ2n) is 7.47. The van der Waals surface area contributed by atoms with Crippen LogP contribution in [0, 0.1) is 5.92 Å². The predicted octanol–water partition coefficient (Wildman–Crippen LogP) is 3.81. The van der Waals surface area contributed by atoms with Crippen molar-refractivity contribution in [3.8, 4) is 0 Å². The van der Waals surface area contributed by atoms with E-state index in [0.29, 0.717) is 0 Å². The van der Waals surface area contributed by atoms with Gasteiger partial charge in [-0.05, 0) is 87.2 Å². The number of nitrogens with zero attached hydrogens (tertiary/aromatic N) is 1. The van der Waals surface area contributed by atoms with Gasteiger partial charge in [-0.1, -0.05) is 13.0 Å². The van der Waals surface area contributed by atoms with Crippen LogP contribution in [0.4, 0.5) is 10.5 Å². The standard InChI is InChI=1S/C20H31N3O/c1-16-6-5-13-23(15-16)12-3-2-11-21-20(24)22-19-10-9-17-7-4-8-18(17)14-19/h9-10,14,16H,2-8,11-13,15H2,1H3,(H2,21,22,24)/t16-/m0/s1. The Balaban J connectivity index is 1.30. The molecule has 0 aromatic heterocycles. The van der Waals surface area contributed by atoms with Gasteiger partial charge in [0.2, 0.25) is 0 Å². The molecule has 1 saturated heterocycles. The van der Waals surface area contributed by atoms with Crippen LogP contribution in [0.2, 0.25) is 0 Å². The number of aryl methyl sites for hydroxylation is 2. The van der Waals surface area contributed by atoms with Crippen LogP contribution in [0.15, 0.2) is 18.2 Å². The second-order valence-corrected chi connectivity index (χ2v) is 7.47. The Labute approximate surface area is 146 Å². The zero-order valence-electron chi connectivity index (χ0n) is 14.9. The smallest absolute Gasteiger partial charge is 0.319 e. The van der Waals surface area contributed by atoms with Gasteiger partial charge in [0.05, 0.1) is 0 Å². The molecular formula is C20H31N3O. The van der Waals surface area contributed by atoms with E-state index in [2.05, 4.69) is 34.6 Å². The summed E-state index contributed by atoms with van der Waals surface area (Å²) in [6.07, 6.45) is 8.47. The number of urea groups is 1. The van der Waals surface area contributed by atoms with Crippen molar-refractivity contribution in [2.24, 2.45) is 5.92 Å². The van der Waals surface area contributed by atoms with E-state index in [1.54, 1.807) is 0 Å². The minimum atomic E-state index is -0.0838. The highest BCUT2D eigenvalue weighted by Crippen LogP contribution is 2.24. The van der Waals surface area contributed by atoms with Crippen LogP contribution in [-0.4, -0.2) is 37.1 Å². The number of carbonyl (C=O) groups excluding carboxylic acids is 1. The lowest BCUT2D eigenvalue weighted by molar-refractivity contribution is 0.181. The number of hydrogen-bond acceptors (Lipinski definition) is 2. The van der Waals surface area contributed by atoms with Gasteiger partial charge >= 0.3 is 6.03 Å². The summed E-state index contributed by atoms with van der Waals surface area (Å²) < 4.78 is 0. The molecule has 4 nitrogen and oxygen atoms in total. The third kappa shape index (κ3) is 4.97. The highest BCUT2D eigenvalue weighted by molar-refractivity contribution is 5.89. The molecule has 1 aromatic carbocycles. The summed E-state index contributed by atoms with van der Waals surface area (Å²) in [5.74, 6) is 0.843. The van der Waals surface area contributed by atoms with Gasteiger partial charge in [0.15, 0.2) is 0 Å². The number of unbranched alkanes of at least 4 members (excludes halogenated alkanes) is 1. The molecule has 132 valence electrons.